The summed E-state index contributed by atoms with van der Waals surface area (Å²) >= 11 is 0. The predicted molar refractivity (Wildman–Crippen MR) is 70.5 cm³/mol. The molecule has 18 heavy (non-hydrogen) atoms. The Morgan fingerprint density at radius 1 is 1.28 bits per heavy atom. The van der Waals surface area contributed by atoms with E-state index in [2.05, 4.69) is 27.8 Å². The normalized spacial score (nSPS) is 14.2. The Bertz CT molecular complexity index is 478. The number of para-hydroxylation sites is 1. The van der Waals surface area contributed by atoms with Gasteiger partial charge < -0.3 is 11.1 Å². The van der Waals surface area contributed by atoms with Crippen molar-refractivity contribution < 1.29 is 0 Å². The third kappa shape index (κ3) is 3.04. The van der Waals surface area contributed by atoms with Crippen LogP contribution in [-0.2, 0) is 0 Å². The van der Waals surface area contributed by atoms with Crippen molar-refractivity contribution in [2.24, 2.45) is 5.73 Å². The van der Waals surface area contributed by atoms with Gasteiger partial charge in [-0.2, -0.15) is 4.68 Å². The van der Waals surface area contributed by atoms with Crippen LogP contribution in [0.4, 0.5) is 5.95 Å². The third-order valence-corrected chi connectivity index (χ3v) is 2.57. The van der Waals surface area contributed by atoms with Gasteiger partial charge in [-0.3, -0.25) is 0 Å². The monoisotopic (exact) mass is 246 g/mol. The summed E-state index contributed by atoms with van der Waals surface area (Å²) in [7, 11) is 0. The Morgan fingerprint density at radius 3 is 2.67 bits per heavy atom. The van der Waals surface area contributed by atoms with E-state index in [1.165, 1.54) is 0 Å². The number of nitrogens with zero attached hydrogens (tertiary/aromatic N) is 4. The molecule has 96 valence electrons. The molecule has 2 atom stereocenters. The largest absolute Gasteiger partial charge is 0.350 e. The molecule has 0 saturated heterocycles. The molecule has 2 rings (SSSR count). The van der Waals surface area contributed by atoms with Crippen LogP contribution in [-0.4, -0.2) is 32.3 Å². The minimum atomic E-state index is 0.147. The van der Waals surface area contributed by atoms with Crippen molar-refractivity contribution in [1.82, 2.24) is 20.2 Å². The summed E-state index contributed by atoms with van der Waals surface area (Å²) in [6, 6.07) is 10.1. The molecule has 0 aliphatic rings. The van der Waals surface area contributed by atoms with Gasteiger partial charge in [0.2, 0.25) is 5.95 Å². The molecule has 0 saturated carbocycles. The summed E-state index contributed by atoms with van der Waals surface area (Å²) in [6.45, 7) is 4.05. The number of nitrogens with two attached hydrogens (primary N) is 1. The zero-order chi connectivity index (χ0) is 13.0. The number of hydrogen-bond acceptors (Lipinski definition) is 5. The van der Waals surface area contributed by atoms with Crippen LogP contribution in [0.2, 0.25) is 0 Å². The van der Waals surface area contributed by atoms with Crippen LogP contribution in [0.3, 0.4) is 0 Å². The highest BCUT2D eigenvalue weighted by molar-refractivity contribution is 5.38. The summed E-state index contributed by atoms with van der Waals surface area (Å²) in [5.41, 5.74) is 6.70. The van der Waals surface area contributed by atoms with Gasteiger partial charge in [0.15, 0.2) is 0 Å². The zero-order valence-electron chi connectivity index (χ0n) is 10.6. The molecule has 6 nitrogen and oxygen atoms in total. The molecule has 1 aromatic heterocycles. The van der Waals surface area contributed by atoms with E-state index in [1.54, 1.807) is 4.68 Å². The van der Waals surface area contributed by atoms with Crippen molar-refractivity contribution >= 4 is 5.95 Å². The third-order valence-electron chi connectivity index (χ3n) is 2.57. The Morgan fingerprint density at radius 2 is 2.00 bits per heavy atom. The second-order valence-corrected chi connectivity index (χ2v) is 4.51. The van der Waals surface area contributed by atoms with E-state index < -0.39 is 0 Å². The van der Waals surface area contributed by atoms with Gasteiger partial charge in [-0.05, 0) is 42.8 Å². The lowest BCUT2D eigenvalue weighted by Crippen LogP contribution is -2.27. The average Bonchev–Trinajstić information content (AvgIpc) is 2.77. The fraction of sp³-hybridized carbons (Fsp3) is 0.417. The van der Waals surface area contributed by atoms with E-state index in [-0.39, 0.29) is 12.1 Å². The molecule has 0 spiro atoms. The second-order valence-electron chi connectivity index (χ2n) is 4.51. The standard InChI is InChI=1S/C12H18N6/c1-9(13)8-10(2)14-12-15-16-17-18(12)11-6-4-3-5-7-11/h3-7,9-10H,8,13H2,1-2H3,(H,14,15,17). The maximum atomic E-state index is 5.77. The summed E-state index contributed by atoms with van der Waals surface area (Å²) < 4.78 is 1.68. The number of rotatable bonds is 5. The molecule has 1 heterocycles. The van der Waals surface area contributed by atoms with Gasteiger partial charge in [-0.25, -0.2) is 0 Å². The van der Waals surface area contributed by atoms with Crippen LogP contribution in [0.1, 0.15) is 20.3 Å². The number of aromatic nitrogens is 4. The van der Waals surface area contributed by atoms with Gasteiger partial charge in [0.05, 0.1) is 5.69 Å². The first-order valence-electron chi connectivity index (χ1n) is 6.02. The molecule has 6 heteroatoms. The van der Waals surface area contributed by atoms with Crippen molar-refractivity contribution in [2.75, 3.05) is 5.32 Å². The first-order chi connectivity index (χ1) is 8.66. The Hall–Kier alpha value is -1.95. The first kappa shape index (κ1) is 12.5. The molecule has 3 N–H and O–H groups in total. The second kappa shape index (κ2) is 5.59. The molecule has 2 aromatic rings. The Balaban J connectivity index is 2.14. The molecule has 0 aliphatic heterocycles. The van der Waals surface area contributed by atoms with Gasteiger partial charge in [-0.15, -0.1) is 0 Å². The van der Waals surface area contributed by atoms with Crippen molar-refractivity contribution in [1.29, 1.82) is 0 Å². The maximum Gasteiger partial charge on any atom is 0.247 e. The molecular formula is C12H18N6. The number of nitrogens with one attached hydrogen (secondary N) is 1. The van der Waals surface area contributed by atoms with Gasteiger partial charge >= 0.3 is 0 Å². The minimum Gasteiger partial charge on any atom is -0.350 e. The van der Waals surface area contributed by atoms with E-state index in [4.69, 9.17) is 5.73 Å². The first-order valence-corrected chi connectivity index (χ1v) is 6.02. The molecule has 0 bridgehead atoms. The van der Waals surface area contributed by atoms with Crippen LogP contribution in [0.5, 0.6) is 0 Å². The molecular weight excluding hydrogens is 228 g/mol. The number of hydrogen-bond donors (Lipinski definition) is 2. The van der Waals surface area contributed by atoms with Gasteiger partial charge in [0.1, 0.15) is 0 Å². The lowest BCUT2D eigenvalue weighted by molar-refractivity contribution is 0.599. The molecule has 1 aromatic carbocycles. The molecule has 0 amide bonds. The van der Waals surface area contributed by atoms with E-state index >= 15 is 0 Å². The van der Waals surface area contributed by atoms with Crippen molar-refractivity contribution in [3.05, 3.63) is 30.3 Å². The molecule has 0 aliphatic carbocycles. The number of tetrazole rings is 1. The van der Waals surface area contributed by atoms with Crippen molar-refractivity contribution in [2.45, 2.75) is 32.4 Å². The van der Waals surface area contributed by atoms with Crippen LogP contribution in [0, 0.1) is 0 Å². The van der Waals surface area contributed by atoms with Crippen LogP contribution < -0.4 is 11.1 Å². The summed E-state index contributed by atoms with van der Waals surface area (Å²) in [4.78, 5) is 0. The van der Waals surface area contributed by atoms with E-state index in [0.717, 1.165) is 12.1 Å². The highest BCUT2D eigenvalue weighted by atomic mass is 15.6. The maximum absolute atomic E-state index is 5.77. The average molecular weight is 246 g/mol. The lowest BCUT2D eigenvalue weighted by Gasteiger charge is -2.16. The van der Waals surface area contributed by atoms with E-state index in [0.29, 0.717) is 5.95 Å². The van der Waals surface area contributed by atoms with Gasteiger partial charge in [-0.1, -0.05) is 23.3 Å². The van der Waals surface area contributed by atoms with Gasteiger partial charge in [0, 0.05) is 12.1 Å². The Labute approximate surface area is 106 Å². The molecule has 0 fully saturated rings. The van der Waals surface area contributed by atoms with Crippen LogP contribution in [0.25, 0.3) is 5.69 Å². The highest BCUT2D eigenvalue weighted by Crippen LogP contribution is 2.12. The SMILES string of the molecule is CC(N)CC(C)Nc1nnnn1-c1ccccc1. The fourth-order valence-electron chi connectivity index (χ4n) is 1.86. The highest BCUT2D eigenvalue weighted by Gasteiger charge is 2.11. The van der Waals surface area contributed by atoms with E-state index in [9.17, 15) is 0 Å². The lowest BCUT2D eigenvalue weighted by atomic mass is 10.1. The predicted octanol–water partition coefficient (Wildman–Crippen LogP) is 1.20. The summed E-state index contributed by atoms with van der Waals surface area (Å²) in [5, 5.41) is 14.9. The van der Waals surface area contributed by atoms with Gasteiger partial charge in [0.25, 0.3) is 0 Å². The smallest absolute Gasteiger partial charge is 0.247 e. The quantitative estimate of drug-likeness (QED) is 0.828. The minimum absolute atomic E-state index is 0.147. The molecule has 0 radical (unpaired) electrons. The van der Waals surface area contributed by atoms with Crippen molar-refractivity contribution in [3.8, 4) is 5.69 Å². The number of anilines is 1. The summed E-state index contributed by atoms with van der Waals surface area (Å²) in [6.07, 6.45) is 0.863. The van der Waals surface area contributed by atoms with Crippen molar-refractivity contribution in [3.63, 3.8) is 0 Å². The van der Waals surface area contributed by atoms with Crippen LogP contribution in [0.15, 0.2) is 30.3 Å². The fourth-order valence-corrected chi connectivity index (χ4v) is 1.86. The zero-order valence-corrected chi connectivity index (χ0v) is 10.6. The summed E-state index contributed by atoms with van der Waals surface area (Å²) in [5.74, 6) is 0.634. The molecule has 2 unspecified atom stereocenters. The topological polar surface area (TPSA) is 81.7 Å². The number of benzene rings is 1. The van der Waals surface area contributed by atoms with E-state index in [1.807, 2.05) is 37.3 Å². The van der Waals surface area contributed by atoms with Crippen LogP contribution >= 0.6 is 0 Å². The Kier molecular flexibility index (Phi) is 3.88.